The van der Waals surface area contributed by atoms with E-state index < -0.39 is 0 Å². The number of hydrogen-bond donors (Lipinski definition) is 2. The van der Waals surface area contributed by atoms with Crippen LogP contribution in [-0.2, 0) is 9.47 Å². The molecule has 2 N–H and O–H groups in total. The van der Waals surface area contributed by atoms with Gasteiger partial charge in [0.05, 0.1) is 13.2 Å². The molecule has 0 radical (unpaired) electrons. The molecule has 0 aromatic heterocycles. The molecule has 2 heterocycles. The fourth-order valence-corrected chi connectivity index (χ4v) is 3.66. The molecule has 0 aromatic rings. The van der Waals surface area contributed by atoms with E-state index in [9.17, 15) is 0 Å². The summed E-state index contributed by atoms with van der Waals surface area (Å²) in [5.41, 5.74) is 0. The fourth-order valence-electron chi connectivity index (χ4n) is 2.59. The van der Waals surface area contributed by atoms with Gasteiger partial charge >= 0.3 is 0 Å². The summed E-state index contributed by atoms with van der Waals surface area (Å²) in [4.78, 5) is 4.29. The Bertz CT molecular complexity index is 303. The normalized spacial score (nSPS) is 26.8. The first-order valence-corrected chi connectivity index (χ1v) is 9.24. The number of nitrogens with zero attached hydrogens (tertiary/aromatic N) is 1. The van der Waals surface area contributed by atoms with E-state index in [2.05, 4.69) is 15.6 Å². The molecule has 0 saturated carbocycles. The molecule has 2 fully saturated rings. The Balaban J connectivity index is 1.47. The quantitative estimate of drug-likeness (QED) is 0.423. The highest BCUT2D eigenvalue weighted by Crippen LogP contribution is 2.16. The molecule has 0 aromatic carbocycles. The molecule has 2 aliphatic heterocycles. The van der Waals surface area contributed by atoms with E-state index in [1.807, 2.05) is 18.8 Å². The standard InChI is InChI=1S/C15H29N3O2S/c1-16-15(18-14-4-2-9-21-12-14)17-6-3-7-19-10-13-5-8-20-11-13/h13-14H,2-12H2,1H3,(H2,16,17,18). The third-order valence-corrected chi connectivity index (χ3v) is 5.08. The number of aliphatic imine (C=N–C) groups is 1. The lowest BCUT2D eigenvalue weighted by Gasteiger charge is -2.24. The molecule has 0 aliphatic carbocycles. The molecule has 2 unspecified atom stereocenters. The summed E-state index contributed by atoms with van der Waals surface area (Å²) in [6.07, 6.45) is 4.71. The first-order chi connectivity index (χ1) is 10.4. The summed E-state index contributed by atoms with van der Waals surface area (Å²) in [7, 11) is 1.84. The highest BCUT2D eigenvalue weighted by atomic mass is 32.2. The molecule has 6 heteroatoms. The molecular weight excluding hydrogens is 286 g/mol. The molecule has 2 rings (SSSR count). The number of thioether (sulfide) groups is 1. The summed E-state index contributed by atoms with van der Waals surface area (Å²) in [6.45, 7) is 4.32. The topological polar surface area (TPSA) is 54.9 Å². The summed E-state index contributed by atoms with van der Waals surface area (Å²) in [6, 6.07) is 0.563. The van der Waals surface area contributed by atoms with Gasteiger partial charge < -0.3 is 20.1 Å². The first kappa shape index (κ1) is 16.9. The van der Waals surface area contributed by atoms with Gasteiger partial charge in [-0.15, -0.1) is 0 Å². The van der Waals surface area contributed by atoms with E-state index >= 15 is 0 Å². The van der Waals surface area contributed by atoms with Crippen molar-refractivity contribution in [3.05, 3.63) is 0 Å². The Morgan fingerprint density at radius 1 is 1.43 bits per heavy atom. The van der Waals surface area contributed by atoms with Crippen LogP contribution in [0, 0.1) is 5.92 Å². The Morgan fingerprint density at radius 3 is 3.10 bits per heavy atom. The van der Waals surface area contributed by atoms with Crippen LogP contribution in [0.1, 0.15) is 25.7 Å². The molecule has 2 saturated heterocycles. The van der Waals surface area contributed by atoms with Crippen LogP contribution in [0.2, 0.25) is 0 Å². The molecule has 2 aliphatic rings. The summed E-state index contributed by atoms with van der Waals surface area (Å²) in [5, 5.41) is 6.87. The second kappa shape index (κ2) is 10.3. The summed E-state index contributed by atoms with van der Waals surface area (Å²) < 4.78 is 11.0. The van der Waals surface area contributed by atoms with Gasteiger partial charge in [-0.25, -0.2) is 0 Å². The van der Waals surface area contributed by atoms with Gasteiger partial charge in [0.25, 0.3) is 0 Å². The van der Waals surface area contributed by atoms with E-state index in [0.29, 0.717) is 12.0 Å². The Hall–Kier alpha value is -0.460. The summed E-state index contributed by atoms with van der Waals surface area (Å²) >= 11 is 2.03. The molecular formula is C15H29N3O2S. The van der Waals surface area contributed by atoms with Crippen LogP contribution >= 0.6 is 11.8 Å². The van der Waals surface area contributed by atoms with Gasteiger partial charge in [-0.2, -0.15) is 11.8 Å². The van der Waals surface area contributed by atoms with Gasteiger partial charge in [0.2, 0.25) is 0 Å². The molecule has 0 bridgehead atoms. The monoisotopic (exact) mass is 315 g/mol. The lowest BCUT2D eigenvalue weighted by molar-refractivity contribution is 0.0888. The van der Waals surface area contributed by atoms with Crippen LogP contribution in [0.3, 0.4) is 0 Å². The number of hydrogen-bond acceptors (Lipinski definition) is 4. The first-order valence-electron chi connectivity index (χ1n) is 8.09. The number of nitrogens with one attached hydrogen (secondary N) is 2. The van der Waals surface area contributed by atoms with Crippen LogP contribution in [0.4, 0.5) is 0 Å². The predicted molar refractivity (Wildman–Crippen MR) is 89.2 cm³/mol. The molecule has 0 amide bonds. The molecule has 5 nitrogen and oxygen atoms in total. The summed E-state index contributed by atoms with van der Waals surface area (Å²) in [5.74, 6) is 4.02. The Labute approximate surface area is 132 Å². The average molecular weight is 315 g/mol. The van der Waals surface area contributed by atoms with Crippen LogP contribution in [0.25, 0.3) is 0 Å². The van der Waals surface area contributed by atoms with Crippen molar-refractivity contribution < 1.29 is 9.47 Å². The van der Waals surface area contributed by atoms with Gasteiger partial charge in [0.1, 0.15) is 0 Å². The van der Waals surface area contributed by atoms with Crippen LogP contribution in [0.15, 0.2) is 4.99 Å². The SMILES string of the molecule is CN=C(NCCCOCC1CCOC1)NC1CCCSC1. The number of rotatable bonds is 7. The van der Waals surface area contributed by atoms with Crippen molar-refractivity contribution in [1.82, 2.24) is 10.6 Å². The maximum atomic E-state index is 5.70. The Morgan fingerprint density at radius 2 is 2.38 bits per heavy atom. The maximum Gasteiger partial charge on any atom is 0.191 e. The second-order valence-electron chi connectivity index (χ2n) is 5.72. The minimum atomic E-state index is 0.563. The van der Waals surface area contributed by atoms with E-state index in [0.717, 1.165) is 51.8 Å². The van der Waals surface area contributed by atoms with Crippen LogP contribution in [0.5, 0.6) is 0 Å². The fraction of sp³-hybridized carbons (Fsp3) is 0.933. The van der Waals surface area contributed by atoms with Gasteiger partial charge in [-0.3, -0.25) is 4.99 Å². The van der Waals surface area contributed by atoms with Gasteiger partial charge in [0, 0.05) is 44.5 Å². The van der Waals surface area contributed by atoms with E-state index in [1.165, 1.54) is 24.3 Å². The minimum Gasteiger partial charge on any atom is -0.381 e. The van der Waals surface area contributed by atoms with Crippen molar-refractivity contribution in [3.8, 4) is 0 Å². The van der Waals surface area contributed by atoms with E-state index in [1.54, 1.807) is 0 Å². The van der Waals surface area contributed by atoms with Gasteiger partial charge in [-0.05, 0) is 31.4 Å². The third kappa shape index (κ3) is 6.89. The van der Waals surface area contributed by atoms with Crippen molar-refractivity contribution in [2.75, 3.05) is 51.5 Å². The number of guanidine groups is 1. The highest BCUT2D eigenvalue weighted by Gasteiger charge is 2.16. The molecule has 0 spiro atoms. The van der Waals surface area contributed by atoms with E-state index in [4.69, 9.17) is 9.47 Å². The second-order valence-corrected chi connectivity index (χ2v) is 6.87. The average Bonchev–Trinajstić information content (AvgIpc) is 3.04. The lowest BCUT2D eigenvalue weighted by atomic mass is 10.1. The molecule has 122 valence electrons. The third-order valence-electron chi connectivity index (χ3n) is 3.86. The van der Waals surface area contributed by atoms with Gasteiger partial charge in [-0.1, -0.05) is 0 Å². The Kier molecular flexibility index (Phi) is 8.29. The lowest BCUT2D eigenvalue weighted by Crippen LogP contribution is -2.45. The van der Waals surface area contributed by atoms with Crippen molar-refractivity contribution in [2.24, 2.45) is 10.9 Å². The van der Waals surface area contributed by atoms with Crippen molar-refractivity contribution in [3.63, 3.8) is 0 Å². The van der Waals surface area contributed by atoms with Gasteiger partial charge in [0.15, 0.2) is 5.96 Å². The zero-order valence-electron chi connectivity index (χ0n) is 13.1. The van der Waals surface area contributed by atoms with Crippen LogP contribution < -0.4 is 10.6 Å². The number of ether oxygens (including phenoxy) is 2. The van der Waals surface area contributed by atoms with Crippen molar-refractivity contribution >= 4 is 17.7 Å². The smallest absolute Gasteiger partial charge is 0.191 e. The molecule has 21 heavy (non-hydrogen) atoms. The largest absolute Gasteiger partial charge is 0.381 e. The molecule has 2 atom stereocenters. The van der Waals surface area contributed by atoms with Crippen molar-refractivity contribution in [1.29, 1.82) is 0 Å². The van der Waals surface area contributed by atoms with Crippen LogP contribution in [-0.4, -0.2) is 63.5 Å². The minimum absolute atomic E-state index is 0.563. The maximum absolute atomic E-state index is 5.70. The highest BCUT2D eigenvalue weighted by molar-refractivity contribution is 7.99. The predicted octanol–water partition coefficient (Wildman–Crippen LogP) is 1.49. The zero-order valence-corrected chi connectivity index (χ0v) is 13.9. The van der Waals surface area contributed by atoms with E-state index in [-0.39, 0.29) is 0 Å². The zero-order chi connectivity index (χ0) is 14.8. The van der Waals surface area contributed by atoms with Crippen molar-refractivity contribution in [2.45, 2.75) is 31.7 Å².